The summed E-state index contributed by atoms with van der Waals surface area (Å²) in [5, 5.41) is 2.97. The summed E-state index contributed by atoms with van der Waals surface area (Å²) in [6, 6.07) is 16.9. The lowest BCUT2D eigenvalue weighted by Gasteiger charge is -2.37. The Kier molecular flexibility index (Phi) is 7.25. The Morgan fingerprint density at radius 1 is 0.750 bits per heavy atom. The summed E-state index contributed by atoms with van der Waals surface area (Å²) in [6.07, 6.45) is 2.75. The van der Waals surface area contributed by atoms with Crippen molar-refractivity contribution >= 4 is 39.3 Å². The lowest BCUT2D eigenvalue weighted by atomic mass is 9.91. The molecule has 0 spiro atoms. The number of benzene rings is 2. The van der Waals surface area contributed by atoms with Crippen molar-refractivity contribution in [3.05, 3.63) is 64.6 Å². The Labute approximate surface area is 197 Å². The van der Waals surface area contributed by atoms with Gasteiger partial charge in [0.15, 0.2) is 0 Å². The summed E-state index contributed by atoms with van der Waals surface area (Å²) in [4.78, 5) is 42.0. The van der Waals surface area contributed by atoms with Gasteiger partial charge in [-0.3, -0.25) is 14.4 Å². The van der Waals surface area contributed by atoms with Crippen molar-refractivity contribution in [3.8, 4) is 0 Å². The van der Waals surface area contributed by atoms with Crippen LogP contribution in [0.1, 0.15) is 36.0 Å². The normalized spacial score (nSPS) is 17.8. The molecule has 1 N–H and O–H groups in total. The van der Waals surface area contributed by atoms with E-state index in [-0.39, 0.29) is 29.6 Å². The zero-order valence-electron chi connectivity index (χ0n) is 18.0. The number of hydrogen-bond donors (Lipinski definition) is 1. The first-order valence-corrected chi connectivity index (χ1v) is 12.0. The minimum atomic E-state index is -0.0652. The van der Waals surface area contributed by atoms with E-state index in [0.29, 0.717) is 57.4 Å². The summed E-state index contributed by atoms with van der Waals surface area (Å²) in [7, 11) is 0. The first-order chi connectivity index (χ1) is 15.5. The van der Waals surface area contributed by atoms with Crippen LogP contribution in [0.4, 0.5) is 5.69 Å². The van der Waals surface area contributed by atoms with Crippen molar-refractivity contribution in [2.75, 3.05) is 31.5 Å². The highest BCUT2D eigenvalue weighted by atomic mass is 79.9. The molecule has 0 aromatic heterocycles. The molecule has 7 heteroatoms. The highest BCUT2D eigenvalue weighted by Gasteiger charge is 2.33. The number of nitrogens with one attached hydrogen (secondary N) is 1. The number of carbonyl (C=O) groups is 3. The van der Waals surface area contributed by atoms with Gasteiger partial charge in [0.2, 0.25) is 11.8 Å². The third-order valence-electron chi connectivity index (χ3n) is 6.44. The van der Waals surface area contributed by atoms with Gasteiger partial charge < -0.3 is 15.1 Å². The van der Waals surface area contributed by atoms with Crippen LogP contribution in [-0.4, -0.2) is 53.7 Å². The summed E-state index contributed by atoms with van der Waals surface area (Å²) in [5.74, 6) is 0.114. The van der Waals surface area contributed by atoms with E-state index < -0.39 is 0 Å². The summed E-state index contributed by atoms with van der Waals surface area (Å²) < 4.78 is 0.944. The zero-order valence-corrected chi connectivity index (χ0v) is 19.6. The molecule has 3 amide bonds. The van der Waals surface area contributed by atoms with Gasteiger partial charge in [-0.2, -0.15) is 0 Å². The third kappa shape index (κ3) is 5.38. The van der Waals surface area contributed by atoms with E-state index in [1.165, 1.54) is 0 Å². The number of anilines is 1. The molecule has 32 heavy (non-hydrogen) atoms. The molecular weight excluding hydrogens is 470 g/mol. The van der Waals surface area contributed by atoms with Crippen LogP contribution in [-0.2, 0) is 9.59 Å². The zero-order chi connectivity index (χ0) is 22.5. The monoisotopic (exact) mass is 497 g/mol. The van der Waals surface area contributed by atoms with Gasteiger partial charge in [-0.1, -0.05) is 34.1 Å². The van der Waals surface area contributed by atoms with Crippen molar-refractivity contribution in [2.45, 2.75) is 25.7 Å². The number of piperidine rings is 2. The van der Waals surface area contributed by atoms with Gasteiger partial charge in [0.25, 0.3) is 5.91 Å². The maximum atomic E-state index is 13.0. The van der Waals surface area contributed by atoms with Crippen LogP contribution in [0, 0.1) is 11.8 Å². The van der Waals surface area contributed by atoms with Crippen LogP contribution in [0.2, 0.25) is 0 Å². The first-order valence-electron chi connectivity index (χ1n) is 11.2. The molecule has 0 radical (unpaired) electrons. The van der Waals surface area contributed by atoms with Gasteiger partial charge in [0.05, 0.1) is 0 Å². The van der Waals surface area contributed by atoms with Crippen molar-refractivity contribution in [2.24, 2.45) is 11.8 Å². The van der Waals surface area contributed by atoms with Gasteiger partial charge in [-0.15, -0.1) is 0 Å². The Hall–Kier alpha value is -2.67. The molecule has 2 aliphatic rings. The quantitative estimate of drug-likeness (QED) is 0.688. The SMILES string of the molecule is O=C(Nc1ccccc1)C1CCN(C(=O)C2CCN(C(=O)c3ccc(Br)cc3)CC2)CC1. The molecule has 0 bridgehead atoms. The minimum Gasteiger partial charge on any atom is -0.342 e. The van der Waals surface area contributed by atoms with E-state index in [2.05, 4.69) is 21.2 Å². The van der Waals surface area contributed by atoms with Crippen LogP contribution < -0.4 is 5.32 Å². The number of halogens is 1. The van der Waals surface area contributed by atoms with E-state index in [4.69, 9.17) is 0 Å². The van der Waals surface area contributed by atoms with Crippen molar-refractivity contribution < 1.29 is 14.4 Å². The van der Waals surface area contributed by atoms with Crippen molar-refractivity contribution in [1.82, 2.24) is 9.80 Å². The van der Waals surface area contributed by atoms with E-state index in [1.54, 1.807) is 0 Å². The van der Waals surface area contributed by atoms with E-state index in [0.717, 1.165) is 10.2 Å². The standard InChI is InChI=1S/C25H28BrN3O3/c26-21-8-6-19(7-9-21)24(31)29-16-12-20(13-17-29)25(32)28-14-10-18(11-15-28)23(30)27-22-4-2-1-3-5-22/h1-9,18,20H,10-17H2,(H,27,30). The number of carbonyl (C=O) groups excluding carboxylic acids is 3. The highest BCUT2D eigenvalue weighted by molar-refractivity contribution is 9.10. The largest absolute Gasteiger partial charge is 0.342 e. The van der Waals surface area contributed by atoms with Gasteiger partial charge >= 0.3 is 0 Å². The molecule has 2 aromatic carbocycles. The predicted molar refractivity (Wildman–Crippen MR) is 127 cm³/mol. The van der Waals surface area contributed by atoms with Crippen molar-refractivity contribution in [3.63, 3.8) is 0 Å². The smallest absolute Gasteiger partial charge is 0.253 e. The second-order valence-electron chi connectivity index (χ2n) is 8.53. The maximum Gasteiger partial charge on any atom is 0.253 e. The lowest BCUT2D eigenvalue weighted by molar-refractivity contribution is -0.139. The summed E-state index contributed by atoms with van der Waals surface area (Å²) >= 11 is 3.39. The third-order valence-corrected chi connectivity index (χ3v) is 6.97. The fourth-order valence-electron chi connectivity index (χ4n) is 4.49. The fourth-order valence-corrected chi connectivity index (χ4v) is 4.75. The molecule has 0 aliphatic carbocycles. The first kappa shape index (κ1) is 22.5. The highest BCUT2D eigenvalue weighted by Crippen LogP contribution is 2.25. The fraction of sp³-hybridized carbons (Fsp3) is 0.400. The molecule has 2 fully saturated rings. The molecular formula is C25H28BrN3O3. The van der Waals surface area contributed by atoms with Crippen LogP contribution in [0.25, 0.3) is 0 Å². The average molecular weight is 498 g/mol. The van der Waals surface area contributed by atoms with Gasteiger partial charge in [0, 0.05) is 53.7 Å². The molecule has 2 heterocycles. The minimum absolute atomic E-state index is 0.0219. The van der Waals surface area contributed by atoms with Gasteiger partial charge in [-0.05, 0) is 62.1 Å². The van der Waals surface area contributed by atoms with Gasteiger partial charge in [-0.25, -0.2) is 0 Å². The van der Waals surface area contributed by atoms with Crippen LogP contribution >= 0.6 is 15.9 Å². The molecule has 168 valence electrons. The number of rotatable bonds is 4. The number of amides is 3. The Balaban J connectivity index is 1.23. The molecule has 2 aliphatic heterocycles. The second-order valence-corrected chi connectivity index (χ2v) is 9.44. The Morgan fingerprint density at radius 2 is 1.31 bits per heavy atom. The van der Waals surface area contributed by atoms with Crippen LogP contribution in [0.15, 0.2) is 59.1 Å². The number of likely N-dealkylation sites (tertiary alicyclic amines) is 2. The van der Waals surface area contributed by atoms with Crippen LogP contribution in [0.5, 0.6) is 0 Å². The van der Waals surface area contributed by atoms with Crippen molar-refractivity contribution in [1.29, 1.82) is 0 Å². The molecule has 6 nitrogen and oxygen atoms in total. The average Bonchev–Trinajstić information content (AvgIpc) is 2.84. The molecule has 0 saturated carbocycles. The van der Waals surface area contributed by atoms with E-state index >= 15 is 0 Å². The number of para-hydroxylation sites is 1. The Morgan fingerprint density at radius 3 is 1.94 bits per heavy atom. The molecule has 0 atom stereocenters. The van der Waals surface area contributed by atoms with E-state index in [9.17, 15) is 14.4 Å². The maximum absolute atomic E-state index is 13.0. The predicted octanol–water partition coefficient (Wildman–Crippen LogP) is 4.18. The summed E-state index contributed by atoms with van der Waals surface area (Å²) in [5.41, 5.74) is 1.48. The molecule has 4 rings (SSSR count). The lowest BCUT2D eigenvalue weighted by Crippen LogP contribution is -2.47. The number of nitrogens with zero attached hydrogens (tertiary/aromatic N) is 2. The summed E-state index contributed by atoms with van der Waals surface area (Å²) in [6.45, 7) is 2.43. The Bertz CT molecular complexity index is 948. The second kappa shape index (κ2) is 10.3. The molecule has 2 saturated heterocycles. The number of hydrogen-bond acceptors (Lipinski definition) is 3. The molecule has 2 aromatic rings. The van der Waals surface area contributed by atoms with Gasteiger partial charge in [0.1, 0.15) is 0 Å². The molecule has 0 unspecified atom stereocenters. The topological polar surface area (TPSA) is 69.7 Å². The van der Waals surface area contributed by atoms with E-state index in [1.807, 2.05) is 64.4 Å². The van der Waals surface area contributed by atoms with Crippen LogP contribution in [0.3, 0.4) is 0 Å².